The van der Waals surface area contributed by atoms with Crippen molar-refractivity contribution < 1.29 is 17.6 Å². The van der Waals surface area contributed by atoms with Crippen LogP contribution in [0, 0.1) is 5.82 Å². The van der Waals surface area contributed by atoms with Gasteiger partial charge in [0.15, 0.2) is 5.96 Å². The van der Waals surface area contributed by atoms with E-state index in [-0.39, 0.29) is 29.8 Å². The summed E-state index contributed by atoms with van der Waals surface area (Å²) in [5, 5.41) is 6.06. The van der Waals surface area contributed by atoms with Crippen LogP contribution in [0.3, 0.4) is 0 Å². The van der Waals surface area contributed by atoms with Crippen LogP contribution in [-0.2, 0) is 19.3 Å². The molecule has 0 aromatic heterocycles. The number of rotatable bonds is 4. The first-order valence-corrected chi connectivity index (χ1v) is 7.23. The number of halogens is 5. The molecule has 0 bridgehead atoms. The molecule has 0 aliphatic heterocycles. The van der Waals surface area contributed by atoms with E-state index in [1.54, 1.807) is 19.2 Å². The van der Waals surface area contributed by atoms with Crippen molar-refractivity contribution in [3.05, 3.63) is 71.0 Å². The summed E-state index contributed by atoms with van der Waals surface area (Å²) in [7, 11) is 1.59. The quantitative estimate of drug-likeness (QED) is 0.304. The summed E-state index contributed by atoms with van der Waals surface area (Å²) in [5.74, 6) is 0.197. The van der Waals surface area contributed by atoms with Crippen LogP contribution in [0.1, 0.15) is 16.7 Å². The van der Waals surface area contributed by atoms with Crippen LogP contribution in [0.5, 0.6) is 0 Å². The standard InChI is InChI=1S/C17H17F4N3.HI/c1-22-16(24-11-13-4-8-15(18)9-5-13)23-10-12-2-6-14(7-3-12)17(19,20)21;/h2-9H,10-11H2,1H3,(H2,22,23,24);1H. The minimum atomic E-state index is -4.33. The van der Waals surface area contributed by atoms with E-state index < -0.39 is 11.7 Å². The first-order valence-electron chi connectivity index (χ1n) is 7.23. The lowest BCUT2D eigenvalue weighted by molar-refractivity contribution is -0.137. The predicted molar refractivity (Wildman–Crippen MR) is 100 cm³/mol. The molecule has 0 spiro atoms. The minimum absolute atomic E-state index is 0. The first kappa shape index (κ1) is 21.2. The molecule has 0 saturated carbocycles. The zero-order chi connectivity index (χ0) is 17.6. The highest BCUT2D eigenvalue weighted by molar-refractivity contribution is 14.0. The van der Waals surface area contributed by atoms with Crippen LogP contribution in [0.25, 0.3) is 0 Å². The molecule has 0 heterocycles. The normalized spacial score (nSPS) is 11.6. The summed E-state index contributed by atoms with van der Waals surface area (Å²) < 4.78 is 50.4. The molecule has 0 saturated heterocycles. The molecule has 3 nitrogen and oxygen atoms in total. The maximum atomic E-state index is 12.8. The molecule has 2 N–H and O–H groups in total. The molecule has 0 amide bonds. The molecular formula is C17H18F4IN3. The maximum Gasteiger partial charge on any atom is 0.416 e. The average Bonchev–Trinajstić information content (AvgIpc) is 2.56. The van der Waals surface area contributed by atoms with E-state index in [1.165, 1.54) is 24.3 Å². The van der Waals surface area contributed by atoms with Gasteiger partial charge in [0.2, 0.25) is 0 Å². The Labute approximate surface area is 160 Å². The summed E-state index contributed by atoms with van der Waals surface area (Å²) in [6.07, 6.45) is -4.33. The van der Waals surface area contributed by atoms with E-state index in [2.05, 4.69) is 15.6 Å². The summed E-state index contributed by atoms with van der Waals surface area (Å²) in [4.78, 5) is 4.03. The van der Waals surface area contributed by atoms with Crippen LogP contribution < -0.4 is 10.6 Å². The van der Waals surface area contributed by atoms with Crippen LogP contribution in [0.4, 0.5) is 17.6 Å². The van der Waals surface area contributed by atoms with E-state index >= 15 is 0 Å². The van der Waals surface area contributed by atoms with E-state index in [1.807, 2.05) is 0 Å². The highest BCUT2D eigenvalue weighted by Gasteiger charge is 2.29. The van der Waals surface area contributed by atoms with Crippen molar-refractivity contribution in [1.29, 1.82) is 0 Å². The fourth-order valence-electron chi connectivity index (χ4n) is 2.01. The number of aliphatic imine (C=N–C) groups is 1. The second kappa shape index (κ2) is 9.59. The van der Waals surface area contributed by atoms with E-state index in [0.717, 1.165) is 17.7 Å². The van der Waals surface area contributed by atoms with Crippen molar-refractivity contribution in [2.24, 2.45) is 4.99 Å². The Morgan fingerprint density at radius 2 is 1.32 bits per heavy atom. The Hall–Kier alpha value is -1.84. The number of guanidine groups is 1. The second-order valence-electron chi connectivity index (χ2n) is 5.10. The molecule has 2 aromatic rings. The Kier molecular flexibility index (Phi) is 8.14. The molecule has 0 aliphatic rings. The lowest BCUT2D eigenvalue weighted by Gasteiger charge is -2.13. The topological polar surface area (TPSA) is 36.4 Å². The summed E-state index contributed by atoms with van der Waals surface area (Å²) >= 11 is 0. The van der Waals surface area contributed by atoms with Crippen LogP contribution >= 0.6 is 24.0 Å². The van der Waals surface area contributed by atoms with Crippen LogP contribution in [-0.4, -0.2) is 13.0 Å². The van der Waals surface area contributed by atoms with Gasteiger partial charge in [-0.2, -0.15) is 13.2 Å². The summed E-state index contributed by atoms with van der Waals surface area (Å²) in [5.41, 5.74) is 0.909. The van der Waals surface area contributed by atoms with Gasteiger partial charge in [-0.15, -0.1) is 24.0 Å². The molecule has 25 heavy (non-hydrogen) atoms. The number of hydrogen-bond acceptors (Lipinski definition) is 1. The number of benzene rings is 2. The van der Waals surface area contributed by atoms with E-state index in [0.29, 0.717) is 24.6 Å². The minimum Gasteiger partial charge on any atom is -0.352 e. The smallest absolute Gasteiger partial charge is 0.352 e. The fraction of sp³-hybridized carbons (Fsp3) is 0.235. The van der Waals surface area contributed by atoms with Crippen molar-refractivity contribution >= 4 is 29.9 Å². The molecule has 0 atom stereocenters. The van der Waals surface area contributed by atoms with Crippen molar-refractivity contribution in [2.75, 3.05) is 7.05 Å². The highest BCUT2D eigenvalue weighted by atomic mass is 127. The van der Waals surface area contributed by atoms with Gasteiger partial charge >= 0.3 is 6.18 Å². The number of nitrogens with one attached hydrogen (secondary N) is 2. The molecule has 0 radical (unpaired) electrons. The van der Waals surface area contributed by atoms with Gasteiger partial charge in [0.1, 0.15) is 5.82 Å². The van der Waals surface area contributed by atoms with Gasteiger partial charge in [-0.1, -0.05) is 24.3 Å². The van der Waals surface area contributed by atoms with Crippen LogP contribution in [0.15, 0.2) is 53.5 Å². The zero-order valence-electron chi connectivity index (χ0n) is 13.4. The Morgan fingerprint density at radius 1 is 0.880 bits per heavy atom. The highest BCUT2D eigenvalue weighted by Crippen LogP contribution is 2.28. The molecule has 2 aromatic carbocycles. The molecule has 8 heteroatoms. The van der Waals surface area contributed by atoms with Crippen molar-refractivity contribution in [3.63, 3.8) is 0 Å². The van der Waals surface area contributed by atoms with E-state index in [9.17, 15) is 17.6 Å². The number of hydrogen-bond donors (Lipinski definition) is 2. The third-order valence-electron chi connectivity index (χ3n) is 3.34. The van der Waals surface area contributed by atoms with Crippen molar-refractivity contribution in [1.82, 2.24) is 10.6 Å². The number of nitrogens with zero attached hydrogens (tertiary/aromatic N) is 1. The van der Waals surface area contributed by atoms with Gasteiger partial charge in [-0.25, -0.2) is 4.39 Å². The molecule has 0 unspecified atom stereocenters. The van der Waals surface area contributed by atoms with Gasteiger partial charge in [-0.05, 0) is 35.4 Å². The molecule has 2 rings (SSSR count). The zero-order valence-corrected chi connectivity index (χ0v) is 15.7. The second-order valence-corrected chi connectivity index (χ2v) is 5.10. The van der Waals surface area contributed by atoms with Crippen molar-refractivity contribution in [2.45, 2.75) is 19.3 Å². The third kappa shape index (κ3) is 6.89. The number of alkyl halides is 3. The lowest BCUT2D eigenvalue weighted by atomic mass is 10.1. The summed E-state index contributed by atoms with van der Waals surface area (Å²) in [6, 6.07) is 11.0. The van der Waals surface area contributed by atoms with Crippen molar-refractivity contribution in [3.8, 4) is 0 Å². The Balaban J connectivity index is 0.00000312. The SMILES string of the molecule is CN=C(NCc1ccc(F)cc1)NCc1ccc(C(F)(F)F)cc1.I. The first-order chi connectivity index (χ1) is 11.4. The van der Waals surface area contributed by atoms with E-state index in [4.69, 9.17) is 0 Å². The van der Waals surface area contributed by atoms with Gasteiger partial charge in [0.25, 0.3) is 0 Å². The fourth-order valence-corrected chi connectivity index (χ4v) is 2.01. The van der Waals surface area contributed by atoms with Crippen LogP contribution in [0.2, 0.25) is 0 Å². The molecule has 136 valence electrons. The Morgan fingerprint density at radius 3 is 1.72 bits per heavy atom. The predicted octanol–water partition coefficient (Wildman–Crippen LogP) is 4.33. The monoisotopic (exact) mass is 467 g/mol. The molecule has 0 aliphatic carbocycles. The van der Waals surface area contributed by atoms with Gasteiger partial charge in [-0.3, -0.25) is 4.99 Å². The molecular weight excluding hydrogens is 449 g/mol. The largest absolute Gasteiger partial charge is 0.416 e. The molecule has 0 fully saturated rings. The Bertz CT molecular complexity index is 683. The van der Waals surface area contributed by atoms with Gasteiger partial charge < -0.3 is 10.6 Å². The summed E-state index contributed by atoms with van der Waals surface area (Å²) in [6.45, 7) is 0.786. The average molecular weight is 467 g/mol. The maximum absolute atomic E-state index is 12.8. The lowest BCUT2D eigenvalue weighted by Crippen LogP contribution is -2.36. The van der Waals surface area contributed by atoms with Gasteiger partial charge in [0, 0.05) is 20.1 Å². The third-order valence-corrected chi connectivity index (χ3v) is 3.34. The van der Waals surface area contributed by atoms with Gasteiger partial charge in [0.05, 0.1) is 5.56 Å².